The van der Waals surface area contributed by atoms with E-state index in [-0.39, 0.29) is 30.3 Å². The topological polar surface area (TPSA) is 102 Å². The fraction of sp³-hybridized carbons (Fsp3) is 0.444. The van der Waals surface area contributed by atoms with Crippen LogP contribution >= 0.6 is 0 Å². The van der Waals surface area contributed by atoms with Gasteiger partial charge in [-0.2, -0.15) is 5.10 Å². The number of aromatic nitrogens is 2. The lowest BCUT2D eigenvalue weighted by Crippen LogP contribution is -2.40. The van der Waals surface area contributed by atoms with E-state index in [1.165, 1.54) is 11.8 Å². The number of amides is 1. The van der Waals surface area contributed by atoms with Crippen LogP contribution in [0.5, 0.6) is 0 Å². The van der Waals surface area contributed by atoms with Gasteiger partial charge in [0, 0.05) is 25.6 Å². The molecule has 26 heavy (non-hydrogen) atoms. The lowest BCUT2D eigenvalue weighted by molar-refractivity contribution is -0.137. The van der Waals surface area contributed by atoms with E-state index in [0.29, 0.717) is 17.3 Å². The molecule has 1 amide bonds. The summed E-state index contributed by atoms with van der Waals surface area (Å²) in [6.45, 7) is 4.09. The molecule has 2 aromatic rings. The molecular weight excluding hydrogens is 338 g/mol. The van der Waals surface area contributed by atoms with Crippen molar-refractivity contribution in [1.82, 2.24) is 14.7 Å². The maximum Gasteiger partial charge on any atom is 0.323 e. The fourth-order valence-corrected chi connectivity index (χ4v) is 2.63. The molecule has 0 saturated heterocycles. The number of nitrogens with zero attached hydrogens (tertiary/aromatic N) is 3. The number of benzene rings is 1. The highest BCUT2D eigenvalue weighted by molar-refractivity contribution is 6.05. The van der Waals surface area contributed by atoms with Crippen molar-refractivity contribution < 1.29 is 19.4 Å². The van der Waals surface area contributed by atoms with Crippen LogP contribution in [0.1, 0.15) is 24.3 Å². The van der Waals surface area contributed by atoms with Crippen LogP contribution in [-0.4, -0.2) is 58.5 Å². The standard InChI is InChI=1S/C18H23N3O5/c1-12(2)10-21-17(24)14-7-5-4-6-13(14)16(19-21)18(25)20(8-9-26-3)11-15(22)23/h4-7,12H,8-11H2,1-3H3,(H,22,23). The molecule has 0 aliphatic carbocycles. The van der Waals surface area contributed by atoms with Gasteiger partial charge in [-0.25, -0.2) is 4.68 Å². The minimum atomic E-state index is -1.13. The molecule has 0 radical (unpaired) electrons. The Balaban J connectivity index is 2.58. The van der Waals surface area contributed by atoms with Crippen LogP contribution < -0.4 is 5.56 Å². The Morgan fingerprint density at radius 1 is 1.27 bits per heavy atom. The van der Waals surface area contributed by atoms with Gasteiger partial charge in [0.2, 0.25) is 0 Å². The Morgan fingerprint density at radius 2 is 1.92 bits per heavy atom. The SMILES string of the molecule is COCCN(CC(=O)O)C(=O)c1nn(CC(C)C)c(=O)c2ccccc12. The molecule has 2 rings (SSSR count). The van der Waals surface area contributed by atoms with E-state index in [4.69, 9.17) is 9.84 Å². The molecule has 1 heterocycles. The lowest BCUT2D eigenvalue weighted by Gasteiger charge is -2.21. The van der Waals surface area contributed by atoms with Crippen LogP contribution in [0.3, 0.4) is 0 Å². The largest absolute Gasteiger partial charge is 0.480 e. The number of aliphatic carboxylic acids is 1. The van der Waals surface area contributed by atoms with Crippen LogP contribution in [0.4, 0.5) is 0 Å². The predicted molar refractivity (Wildman–Crippen MR) is 96.3 cm³/mol. The van der Waals surface area contributed by atoms with E-state index in [1.54, 1.807) is 24.3 Å². The first-order valence-electron chi connectivity index (χ1n) is 8.35. The average molecular weight is 361 g/mol. The Hall–Kier alpha value is -2.74. The second-order valence-electron chi connectivity index (χ2n) is 6.39. The quantitative estimate of drug-likeness (QED) is 0.759. The van der Waals surface area contributed by atoms with Crippen molar-refractivity contribution in [2.45, 2.75) is 20.4 Å². The third kappa shape index (κ3) is 4.45. The molecular formula is C18H23N3O5. The molecule has 0 aliphatic rings. The third-order valence-corrected chi connectivity index (χ3v) is 3.79. The first kappa shape index (κ1) is 19.6. The molecule has 1 N–H and O–H groups in total. The molecule has 0 spiro atoms. The summed E-state index contributed by atoms with van der Waals surface area (Å²) in [5.41, 5.74) is -0.203. The van der Waals surface area contributed by atoms with Crippen LogP contribution in [0, 0.1) is 5.92 Å². The second-order valence-corrected chi connectivity index (χ2v) is 6.39. The van der Waals surface area contributed by atoms with Crippen LogP contribution in [0.2, 0.25) is 0 Å². The van der Waals surface area contributed by atoms with Crippen molar-refractivity contribution in [3.63, 3.8) is 0 Å². The van der Waals surface area contributed by atoms with E-state index in [9.17, 15) is 14.4 Å². The number of fused-ring (bicyclic) bond motifs is 1. The van der Waals surface area contributed by atoms with Crippen LogP contribution in [0.25, 0.3) is 10.8 Å². The number of rotatable bonds is 8. The highest BCUT2D eigenvalue weighted by Crippen LogP contribution is 2.16. The van der Waals surface area contributed by atoms with Gasteiger partial charge in [-0.1, -0.05) is 32.0 Å². The van der Waals surface area contributed by atoms with Gasteiger partial charge in [0.15, 0.2) is 5.69 Å². The van der Waals surface area contributed by atoms with Gasteiger partial charge >= 0.3 is 5.97 Å². The highest BCUT2D eigenvalue weighted by Gasteiger charge is 2.23. The minimum Gasteiger partial charge on any atom is -0.480 e. The number of ether oxygens (including phenoxy) is 1. The van der Waals surface area contributed by atoms with E-state index < -0.39 is 18.4 Å². The monoisotopic (exact) mass is 361 g/mol. The normalized spacial score (nSPS) is 11.1. The first-order valence-corrected chi connectivity index (χ1v) is 8.35. The number of carbonyl (C=O) groups is 2. The van der Waals surface area contributed by atoms with Gasteiger partial charge in [0.25, 0.3) is 11.5 Å². The summed E-state index contributed by atoms with van der Waals surface area (Å²) in [5, 5.41) is 14.2. The van der Waals surface area contributed by atoms with Crippen molar-refractivity contribution >= 4 is 22.6 Å². The Morgan fingerprint density at radius 3 is 2.50 bits per heavy atom. The molecule has 0 atom stereocenters. The van der Waals surface area contributed by atoms with E-state index >= 15 is 0 Å². The van der Waals surface area contributed by atoms with Gasteiger partial charge in [0.1, 0.15) is 6.54 Å². The maximum absolute atomic E-state index is 13.0. The molecule has 1 aromatic heterocycles. The van der Waals surface area contributed by atoms with E-state index in [0.717, 1.165) is 4.90 Å². The highest BCUT2D eigenvalue weighted by atomic mass is 16.5. The number of carboxylic acid groups (broad SMARTS) is 1. The van der Waals surface area contributed by atoms with Crippen LogP contribution in [0.15, 0.2) is 29.1 Å². The number of hydrogen-bond donors (Lipinski definition) is 1. The van der Waals surface area contributed by atoms with Crippen LogP contribution in [-0.2, 0) is 16.1 Å². The summed E-state index contributed by atoms with van der Waals surface area (Å²) in [6, 6.07) is 6.72. The van der Waals surface area contributed by atoms with Crippen molar-refractivity contribution in [1.29, 1.82) is 0 Å². The van der Waals surface area contributed by atoms with E-state index in [1.807, 2.05) is 13.8 Å². The zero-order valence-corrected chi connectivity index (χ0v) is 15.1. The first-order chi connectivity index (χ1) is 12.3. The molecule has 0 saturated carbocycles. The molecule has 0 bridgehead atoms. The average Bonchev–Trinajstić information content (AvgIpc) is 2.60. The Bertz CT molecular complexity index is 860. The summed E-state index contributed by atoms with van der Waals surface area (Å²) >= 11 is 0. The van der Waals surface area contributed by atoms with Crippen molar-refractivity contribution in [3.05, 3.63) is 40.3 Å². The van der Waals surface area contributed by atoms with Gasteiger partial charge in [-0.05, 0) is 12.0 Å². The predicted octanol–water partition coefficient (Wildman–Crippen LogP) is 1.23. The smallest absolute Gasteiger partial charge is 0.323 e. The summed E-state index contributed by atoms with van der Waals surface area (Å²) < 4.78 is 6.23. The molecule has 8 heteroatoms. The number of methoxy groups -OCH3 is 1. The zero-order chi connectivity index (χ0) is 19.3. The second kappa shape index (κ2) is 8.57. The number of hydrogen-bond acceptors (Lipinski definition) is 5. The van der Waals surface area contributed by atoms with Crippen molar-refractivity contribution in [2.75, 3.05) is 26.8 Å². The summed E-state index contributed by atoms with van der Waals surface area (Å²) in [5.74, 6) is -1.51. The summed E-state index contributed by atoms with van der Waals surface area (Å²) in [6.07, 6.45) is 0. The number of carboxylic acids is 1. The van der Waals surface area contributed by atoms with Gasteiger partial charge in [-0.15, -0.1) is 0 Å². The number of carbonyl (C=O) groups excluding carboxylic acids is 1. The van der Waals surface area contributed by atoms with Crippen molar-refractivity contribution in [2.24, 2.45) is 5.92 Å². The summed E-state index contributed by atoms with van der Waals surface area (Å²) in [4.78, 5) is 37.9. The zero-order valence-electron chi connectivity index (χ0n) is 15.1. The molecule has 0 aliphatic heterocycles. The molecule has 1 aromatic carbocycles. The molecule has 8 nitrogen and oxygen atoms in total. The van der Waals surface area contributed by atoms with E-state index in [2.05, 4.69) is 5.10 Å². The third-order valence-electron chi connectivity index (χ3n) is 3.79. The maximum atomic E-state index is 13.0. The fourth-order valence-electron chi connectivity index (χ4n) is 2.63. The van der Waals surface area contributed by atoms with Gasteiger partial charge in [-0.3, -0.25) is 14.4 Å². The lowest BCUT2D eigenvalue weighted by atomic mass is 10.1. The Labute approximate surface area is 151 Å². The molecule has 0 unspecified atom stereocenters. The van der Waals surface area contributed by atoms with Gasteiger partial charge < -0.3 is 14.7 Å². The van der Waals surface area contributed by atoms with Gasteiger partial charge in [0.05, 0.1) is 12.0 Å². The minimum absolute atomic E-state index is 0.0678. The molecule has 0 fully saturated rings. The summed E-state index contributed by atoms with van der Waals surface area (Å²) in [7, 11) is 1.47. The van der Waals surface area contributed by atoms with Crippen molar-refractivity contribution in [3.8, 4) is 0 Å². The molecule has 140 valence electrons. The Kier molecular flexibility index (Phi) is 6.46.